The summed E-state index contributed by atoms with van der Waals surface area (Å²) >= 11 is 5.86. The van der Waals surface area contributed by atoms with Gasteiger partial charge in [-0.15, -0.1) is 12.4 Å². The number of sulfonamides is 1. The number of nitro benzene ring substituents is 1. The lowest BCUT2D eigenvalue weighted by molar-refractivity contribution is -0.385. The van der Waals surface area contributed by atoms with Crippen LogP contribution in [0.15, 0.2) is 17.0 Å². The predicted octanol–water partition coefficient (Wildman–Crippen LogP) is 2.26. The molecular weight excluding hydrogens is 353 g/mol. The molecule has 2 N–H and O–H groups in total. The van der Waals surface area contributed by atoms with E-state index in [9.17, 15) is 18.5 Å². The highest BCUT2D eigenvalue weighted by Crippen LogP contribution is 2.29. The molecule has 0 amide bonds. The van der Waals surface area contributed by atoms with Gasteiger partial charge in [-0.05, 0) is 26.0 Å². The highest BCUT2D eigenvalue weighted by molar-refractivity contribution is 7.89. The second-order valence-corrected chi connectivity index (χ2v) is 6.63. The van der Waals surface area contributed by atoms with Gasteiger partial charge in [0.05, 0.1) is 14.8 Å². The Morgan fingerprint density at radius 1 is 1.27 bits per heavy atom. The molecule has 1 aromatic carbocycles. The van der Waals surface area contributed by atoms with Crippen molar-refractivity contribution in [3.05, 3.63) is 32.8 Å². The van der Waals surface area contributed by atoms with Gasteiger partial charge in [-0.2, -0.15) is 0 Å². The fraction of sp³-hybridized carbons (Fsp3) is 0.500. The van der Waals surface area contributed by atoms with Crippen LogP contribution in [0.1, 0.15) is 18.9 Å². The Bertz CT molecular complexity index is 623. The summed E-state index contributed by atoms with van der Waals surface area (Å²) in [5, 5.41) is 14.0. The maximum absolute atomic E-state index is 12.1. The van der Waals surface area contributed by atoms with E-state index < -0.39 is 14.9 Å². The summed E-state index contributed by atoms with van der Waals surface area (Å²) in [5.41, 5.74) is -0.0720. The lowest BCUT2D eigenvalue weighted by Gasteiger charge is -2.09. The van der Waals surface area contributed by atoms with Gasteiger partial charge in [0.2, 0.25) is 10.0 Å². The summed E-state index contributed by atoms with van der Waals surface area (Å²) in [5.74, 6) is 0. The van der Waals surface area contributed by atoms with Crippen LogP contribution >= 0.6 is 24.0 Å². The zero-order chi connectivity index (χ0) is 16.0. The van der Waals surface area contributed by atoms with Crippen molar-refractivity contribution < 1.29 is 13.3 Å². The van der Waals surface area contributed by atoms with Crippen LogP contribution in [0.4, 0.5) is 5.69 Å². The second-order valence-electron chi connectivity index (χ2n) is 4.45. The molecule has 0 saturated carbocycles. The lowest BCUT2D eigenvalue weighted by atomic mass is 10.2. The summed E-state index contributed by atoms with van der Waals surface area (Å²) in [6.45, 7) is 4.95. The molecule has 1 aromatic rings. The first kappa shape index (κ1) is 21.1. The van der Waals surface area contributed by atoms with E-state index in [0.29, 0.717) is 6.54 Å². The summed E-state index contributed by atoms with van der Waals surface area (Å²) in [6, 6.07) is 2.23. The van der Waals surface area contributed by atoms with E-state index in [0.717, 1.165) is 19.0 Å². The second kappa shape index (κ2) is 9.26. The van der Waals surface area contributed by atoms with Gasteiger partial charge in [-0.25, -0.2) is 13.1 Å². The zero-order valence-corrected chi connectivity index (χ0v) is 14.6. The molecule has 0 aliphatic heterocycles. The van der Waals surface area contributed by atoms with Gasteiger partial charge in [0.15, 0.2) is 0 Å². The van der Waals surface area contributed by atoms with Gasteiger partial charge < -0.3 is 5.32 Å². The Morgan fingerprint density at radius 2 is 1.91 bits per heavy atom. The van der Waals surface area contributed by atoms with Crippen molar-refractivity contribution >= 4 is 39.7 Å². The number of hydrogen-bond donors (Lipinski definition) is 2. The largest absolute Gasteiger partial charge is 0.315 e. The van der Waals surface area contributed by atoms with Crippen LogP contribution in [-0.2, 0) is 10.0 Å². The zero-order valence-electron chi connectivity index (χ0n) is 12.3. The number of hydrogen-bond acceptors (Lipinski definition) is 5. The minimum absolute atomic E-state index is 0. The van der Waals surface area contributed by atoms with Gasteiger partial charge >= 0.3 is 0 Å². The Morgan fingerprint density at radius 3 is 2.45 bits per heavy atom. The van der Waals surface area contributed by atoms with Gasteiger partial charge in [-0.1, -0.05) is 18.5 Å². The standard InChI is InChI=1S/C12H18ClN3O4S.ClH/c1-3-4-14-5-6-15-21(19,20)10-7-11(13)9(2)12(8-10)16(17)18;/h7-8,14-15H,3-6H2,1-2H3;1H. The number of nitrogens with zero attached hydrogens (tertiary/aromatic N) is 1. The van der Waals surface area contributed by atoms with E-state index >= 15 is 0 Å². The number of nitrogens with one attached hydrogen (secondary N) is 2. The molecule has 126 valence electrons. The van der Waals surface area contributed by atoms with Crippen LogP contribution in [-0.4, -0.2) is 33.0 Å². The molecule has 10 heteroatoms. The van der Waals surface area contributed by atoms with Crippen molar-refractivity contribution in [2.45, 2.75) is 25.2 Å². The van der Waals surface area contributed by atoms with E-state index in [1.165, 1.54) is 13.0 Å². The summed E-state index contributed by atoms with van der Waals surface area (Å²) in [4.78, 5) is 10.0. The first-order valence-electron chi connectivity index (χ1n) is 6.44. The molecule has 0 bridgehead atoms. The highest BCUT2D eigenvalue weighted by atomic mass is 35.5. The maximum Gasteiger partial charge on any atom is 0.275 e. The Kier molecular flexibility index (Phi) is 8.87. The molecule has 1 rings (SSSR count). The lowest BCUT2D eigenvalue weighted by Crippen LogP contribution is -2.32. The van der Waals surface area contributed by atoms with Crippen LogP contribution in [0.2, 0.25) is 5.02 Å². The Hall–Kier alpha value is -0.930. The van der Waals surface area contributed by atoms with Crippen molar-refractivity contribution in [1.29, 1.82) is 0 Å². The molecular formula is C12H19Cl2N3O4S. The topological polar surface area (TPSA) is 101 Å². The van der Waals surface area contributed by atoms with Gasteiger partial charge in [0, 0.05) is 24.7 Å². The third-order valence-electron chi connectivity index (χ3n) is 2.82. The number of halogens is 2. The third kappa shape index (κ3) is 5.69. The fourth-order valence-corrected chi connectivity index (χ4v) is 3.00. The average molecular weight is 372 g/mol. The van der Waals surface area contributed by atoms with E-state index in [2.05, 4.69) is 10.0 Å². The molecule has 0 atom stereocenters. The van der Waals surface area contributed by atoms with E-state index in [-0.39, 0.29) is 40.1 Å². The molecule has 0 heterocycles. The molecule has 0 radical (unpaired) electrons. The summed E-state index contributed by atoms with van der Waals surface area (Å²) in [6.07, 6.45) is 0.951. The highest BCUT2D eigenvalue weighted by Gasteiger charge is 2.22. The molecule has 0 saturated heterocycles. The van der Waals surface area contributed by atoms with Crippen LogP contribution in [0.3, 0.4) is 0 Å². The SMILES string of the molecule is CCCNCCNS(=O)(=O)c1cc(Cl)c(C)c([N+](=O)[O-])c1.Cl. The number of rotatable bonds is 8. The summed E-state index contributed by atoms with van der Waals surface area (Å²) in [7, 11) is -3.82. The molecule has 0 spiro atoms. The van der Waals surface area contributed by atoms with Crippen LogP contribution in [0.25, 0.3) is 0 Å². The Balaban J connectivity index is 0.00000441. The summed E-state index contributed by atoms with van der Waals surface area (Å²) < 4.78 is 26.5. The third-order valence-corrected chi connectivity index (χ3v) is 4.65. The molecule has 0 aliphatic carbocycles. The fourth-order valence-electron chi connectivity index (χ4n) is 1.64. The quantitative estimate of drug-likeness (QED) is 0.414. The molecule has 22 heavy (non-hydrogen) atoms. The molecule has 7 nitrogen and oxygen atoms in total. The van der Waals surface area contributed by atoms with Crippen LogP contribution < -0.4 is 10.0 Å². The normalized spacial score (nSPS) is 11.0. The van der Waals surface area contributed by atoms with Crippen molar-refractivity contribution in [3.8, 4) is 0 Å². The monoisotopic (exact) mass is 371 g/mol. The maximum atomic E-state index is 12.1. The van der Waals surface area contributed by atoms with Crippen molar-refractivity contribution in [3.63, 3.8) is 0 Å². The van der Waals surface area contributed by atoms with Gasteiger partial charge in [0.1, 0.15) is 0 Å². The molecule has 0 fully saturated rings. The van der Waals surface area contributed by atoms with E-state index in [4.69, 9.17) is 11.6 Å². The van der Waals surface area contributed by atoms with Gasteiger partial charge in [-0.3, -0.25) is 10.1 Å². The van der Waals surface area contributed by atoms with Crippen molar-refractivity contribution in [2.75, 3.05) is 19.6 Å². The first-order chi connectivity index (χ1) is 9.79. The van der Waals surface area contributed by atoms with E-state index in [1.807, 2.05) is 6.92 Å². The molecule has 0 aromatic heterocycles. The molecule has 0 aliphatic rings. The number of benzene rings is 1. The Labute approximate surface area is 141 Å². The number of nitro groups is 1. The first-order valence-corrected chi connectivity index (χ1v) is 8.30. The van der Waals surface area contributed by atoms with Crippen molar-refractivity contribution in [1.82, 2.24) is 10.0 Å². The minimum atomic E-state index is -3.82. The van der Waals surface area contributed by atoms with Crippen LogP contribution in [0.5, 0.6) is 0 Å². The predicted molar refractivity (Wildman–Crippen MR) is 88.4 cm³/mol. The van der Waals surface area contributed by atoms with Crippen LogP contribution in [0, 0.1) is 17.0 Å². The minimum Gasteiger partial charge on any atom is -0.315 e. The smallest absolute Gasteiger partial charge is 0.275 e. The van der Waals surface area contributed by atoms with E-state index in [1.54, 1.807) is 0 Å². The van der Waals surface area contributed by atoms with Gasteiger partial charge in [0.25, 0.3) is 5.69 Å². The average Bonchev–Trinajstić information content (AvgIpc) is 2.40. The molecule has 0 unspecified atom stereocenters. The van der Waals surface area contributed by atoms with Crippen molar-refractivity contribution in [2.24, 2.45) is 0 Å².